The fourth-order valence-electron chi connectivity index (χ4n) is 1.38. The zero-order chi connectivity index (χ0) is 15.6. The minimum Gasteiger partial charge on any atom is -0.487 e. The number of halogens is 2. The first-order valence-corrected chi connectivity index (χ1v) is 7.34. The first kappa shape index (κ1) is 16.8. The van der Waals surface area contributed by atoms with Crippen LogP contribution < -0.4 is 9.88 Å². The van der Waals surface area contributed by atoms with Crippen molar-refractivity contribution < 1.29 is 26.7 Å². The molecule has 5 nitrogen and oxygen atoms in total. The molecule has 0 aliphatic rings. The van der Waals surface area contributed by atoms with Crippen molar-refractivity contribution in [3.05, 3.63) is 23.8 Å². The van der Waals surface area contributed by atoms with Crippen LogP contribution in [0.25, 0.3) is 0 Å². The highest BCUT2D eigenvalue weighted by Crippen LogP contribution is 2.27. The van der Waals surface area contributed by atoms with E-state index in [1.54, 1.807) is 0 Å². The SMILES string of the molecule is CC(C)(C)OCCOc1c(F)cc(F)cc1S(N)(=O)=O. The van der Waals surface area contributed by atoms with Crippen LogP contribution in [-0.4, -0.2) is 27.2 Å². The average Bonchev–Trinajstić information content (AvgIpc) is 2.23. The molecule has 20 heavy (non-hydrogen) atoms. The summed E-state index contributed by atoms with van der Waals surface area (Å²) in [6.07, 6.45) is 0. The maximum atomic E-state index is 13.6. The molecule has 0 bridgehead atoms. The van der Waals surface area contributed by atoms with Crippen molar-refractivity contribution in [2.24, 2.45) is 5.14 Å². The largest absolute Gasteiger partial charge is 0.487 e. The third-order valence-corrected chi connectivity index (χ3v) is 3.06. The molecular weight excluding hydrogens is 292 g/mol. The lowest BCUT2D eigenvalue weighted by atomic mass is 10.2. The molecule has 0 amide bonds. The van der Waals surface area contributed by atoms with Gasteiger partial charge in [0.2, 0.25) is 10.0 Å². The van der Waals surface area contributed by atoms with Gasteiger partial charge in [0.15, 0.2) is 11.6 Å². The first-order valence-electron chi connectivity index (χ1n) is 5.79. The molecule has 0 heterocycles. The third-order valence-electron chi connectivity index (χ3n) is 2.15. The molecule has 2 N–H and O–H groups in total. The topological polar surface area (TPSA) is 78.6 Å². The Bertz CT molecular complexity index is 582. The van der Waals surface area contributed by atoms with Crippen LogP contribution in [-0.2, 0) is 14.8 Å². The second-order valence-electron chi connectivity index (χ2n) is 5.07. The zero-order valence-electron chi connectivity index (χ0n) is 11.4. The normalized spacial score (nSPS) is 12.5. The van der Waals surface area contributed by atoms with Gasteiger partial charge in [-0.2, -0.15) is 0 Å². The fraction of sp³-hybridized carbons (Fsp3) is 0.500. The van der Waals surface area contributed by atoms with Crippen LogP contribution in [0.5, 0.6) is 5.75 Å². The summed E-state index contributed by atoms with van der Waals surface area (Å²) in [5.74, 6) is -2.79. The van der Waals surface area contributed by atoms with Crippen LogP contribution in [0.4, 0.5) is 8.78 Å². The number of hydrogen-bond acceptors (Lipinski definition) is 4. The van der Waals surface area contributed by atoms with Crippen molar-refractivity contribution in [3.8, 4) is 5.75 Å². The van der Waals surface area contributed by atoms with Crippen LogP contribution in [0.2, 0.25) is 0 Å². The third kappa shape index (κ3) is 5.03. The van der Waals surface area contributed by atoms with Crippen LogP contribution in [0.3, 0.4) is 0 Å². The number of hydrogen-bond donors (Lipinski definition) is 1. The molecule has 1 aromatic carbocycles. The van der Waals surface area contributed by atoms with Gasteiger partial charge >= 0.3 is 0 Å². The Morgan fingerprint density at radius 1 is 1.20 bits per heavy atom. The fourth-order valence-corrected chi connectivity index (χ4v) is 2.07. The van der Waals surface area contributed by atoms with Crippen LogP contribution in [0.1, 0.15) is 20.8 Å². The molecule has 0 aromatic heterocycles. The summed E-state index contributed by atoms with van der Waals surface area (Å²) in [5.41, 5.74) is -0.409. The summed E-state index contributed by atoms with van der Waals surface area (Å²) in [7, 11) is -4.29. The van der Waals surface area contributed by atoms with Gasteiger partial charge in [-0.05, 0) is 26.8 Å². The highest BCUT2D eigenvalue weighted by Gasteiger charge is 2.21. The number of rotatable bonds is 5. The van der Waals surface area contributed by atoms with E-state index in [1.165, 1.54) is 0 Å². The predicted octanol–water partition coefficient (Wildman–Crippen LogP) is 1.81. The minimum absolute atomic E-state index is 0.0949. The van der Waals surface area contributed by atoms with E-state index in [1.807, 2.05) is 20.8 Å². The Morgan fingerprint density at radius 3 is 2.30 bits per heavy atom. The second kappa shape index (κ2) is 6.02. The van der Waals surface area contributed by atoms with Gasteiger partial charge in [-0.25, -0.2) is 22.3 Å². The highest BCUT2D eigenvalue weighted by atomic mass is 32.2. The minimum atomic E-state index is -4.29. The molecule has 0 aliphatic heterocycles. The van der Waals surface area contributed by atoms with Crippen molar-refractivity contribution in [3.63, 3.8) is 0 Å². The van der Waals surface area contributed by atoms with E-state index in [9.17, 15) is 17.2 Å². The van der Waals surface area contributed by atoms with Gasteiger partial charge in [0.1, 0.15) is 17.3 Å². The number of nitrogens with two attached hydrogens (primary N) is 1. The van der Waals surface area contributed by atoms with Gasteiger partial charge in [0, 0.05) is 6.07 Å². The first-order chi connectivity index (χ1) is 9.00. The molecular formula is C12H17F2NO4S. The van der Waals surface area contributed by atoms with E-state index in [4.69, 9.17) is 14.6 Å². The van der Waals surface area contributed by atoms with Crippen molar-refractivity contribution in [1.82, 2.24) is 0 Å². The molecule has 0 radical (unpaired) electrons. The molecule has 114 valence electrons. The van der Waals surface area contributed by atoms with Crippen LogP contribution in [0, 0.1) is 11.6 Å². The van der Waals surface area contributed by atoms with Crippen LogP contribution >= 0.6 is 0 Å². The van der Waals surface area contributed by atoms with Gasteiger partial charge in [0.25, 0.3) is 0 Å². The van der Waals surface area contributed by atoms with Gasteiger partial charge in [-0.3, -0.25) is 0 Å². The van der Waals surface area contributed by atoms with Crippen molar-refractivity contribution in [1.29, 1.82) is 0 Å². The second-order valence-corrected chi connectivity index (χ2v) is 6.60. The lowest BCUT2D eigenvalue weighted by Crippen LogP contribution is -2.23. The van der Waals surface area contributed by atoms with Crippen molar-refractivity contribution in [2.45, 2.75) is 31.3 Å². The summed E-state index contributed by atoms with van der Waals surface area (Å²) in [6.45, 7) is 5.48. The summed E-state index contributed by atoms with van der Waals surface area (Å²) < 4.78 is 59.5. The number of benzene rings is 1. The highest BCUT2D eigenvalue weighted by molar-refractivity contribution is 7.89. The average molecular weight is 309 g/mol. The van der Waals surface area contributed by atoms with E-state index in [-0.39, 0.29) is 13.2 Å². The lowest BCUT2D eigenvalue weighted by molar-refractivity contribution is -0.0170. The Morgan fingerprint density at radius 2 is 1.80 bits per heavy atom. The smallest absolute Gasteiger partial charge is 0.241 e. The summed E-state index contributed by atoms with van der Waals surface area (Å²) in [5, 5.41) is 4.90. The Hall–Kier alpha value is -1.25. The number of ether oxygens (including phenoxy) is 2. The zero-order valence-corrected chi connectivity index (χ0v) is 12.3. The molecule has 0 atom stereocenters. The maximum absolute atomic E-state index is 13.6. The molecule has 0 fully saturated rings. The lowest BCUT2D eigenvalue weighted by Gasteiger charge is -2.20. The summed E-state index contributed by atoms with van der Waals surface area (Å²) in [6, 6.07) is 1.13. The van der Waals surface area contributed by atoms with Gasteiger partial charge in [-0.1, -0.05) is 0 Å². The van der Waals surface area contributed by atoms with Crippen molar-refractivity contribution >= 4 is 10.0 Å². The Kier molecular flexibility index (Phi) is 5.06. The molecule has 0 spiro atoms. The number of sulfonamides is 1. The van der Waals surface area contributed by atoms with Gasteiger partial charge in [-0.15, -0.1) is 0 Å². The standard InChI is InChI=1S/C12H17F2NO4S/c1-12(2,3)19-5-4-18-11-9(14)6-8(13)7-10(11)20(15,16)17/h6-7H,4-5H2,1-3H3,(H2,15,16,17). The van der Waals surface area contributed by atoms with E-state index in [2.05, 4.69) is 0 Å². The summed E-state index contributed by atoms with van der Waals surface area (Å²) >= 11 is 0. The van der Waals surface area contributed by atoms with Gasteiger partial charge < -0.3 is 9.47 Å². The number of primary sulfonamides is 1. The molecule has 1 aromatic rings. The quantitative estimate of drug-likeness (QED) is 0.841. The van der Waals surface area contributed by atoms with Gasteiger partial charge in [0.05, 0.1) is 12.2 Å². The summed E-state index contributed by atoms with van der Waals surface area (Å²) in [4.78, 5) is -0.731. The Balaban J connectivity index is 2.90. The molecule has 0 aliphatic carbocycles. The molecule has 0 saturated carbocycles. The molecule has 0 unspecified atom stereocenters. The maximum Gasteiger partial charge on any atom is 0.241 e. The van der Waals surface area contributed by atoms with E-state index in [0.717, 1.165) is 0 Å². The Labute approximate surface area is 116 Å². The van der Waals surface area contributed by atoms with E-state index < -0.39 is 37.9 Å². The monoisotopic (exact) mass is 309 g/mol. The van der Waals surface area contributed by atoms with Crippen LogP contribution in [0.15, 0.2) is 17.0 Å². The molecule has 8 heteroatoms. The van der Waals surface area contributed by atoms with Crippen molar-refractivity contribution in [2.75, 3.05) is 13.2 Å². The molecule has 0 saturated heterocycles. The predicted molar refractivity (Wildman–Crippen MR) is 68.9 cm³/mol. The van der Waals surface area contributed by atoms with E-state index in [0.29, 0.717) is 12.1 Å². The molecule has 1 rings (SSSR count). The van der Waals surface area contributed by atoms with E-state index >= 15 is 0 Å².